The van der Waals surface area contributed by atoms with Gasteiger partial charge in [0.2, 0.25) is 0 Å². The molecule has 2 saturated heterocycles. The van der Waals surface area contributed by atoms with Gasteiger partial charge in [-0.1, -0.05) is 30.0 Å². The lowest BCUT2D eigenvalue weighted by atomic mass is 10.1. The molecule has 8 nitrogen and oxygen atoms in total. The first-order valence-corrected chi connectivity index (χ1v) is 13.0. The number of nitrogens with zero attached hydrogens (tertiary/aromatic N) is 2. The Morgan fingerprint density at radius 3 is 2.44 bits per heavy atom. The zero-order valence-electron chi connectivity index (χ0n) is 20.2. The summed E-state index contributed by atoms with van der Waals surface area (Å²) in [5, 5.41) is 0. The van der Waals surface area contributed by atoms with Crippen molar-refractivity contribution >= 4 is 51.9 Å². The average Bonchev–Trinajstić information content (AvgIpc) is 3.17. The maximum atomic E-state index is 13.1. The normalized spacial score (nSPS) is 17.0. The van der Waals surface area contributed by atoms with Crippen LogP contribution in [0.5, 0.6) is 17.2 Å². The zero-order chi connectivity index (χ0) is 25.5. The van der Waals surface area contributed by atoms with Crippen LogP contribution in [0.2, 0.25) is 0 Å². The van der Waals surface area contributed by atoms with E-state index in [2.05, 4.69) is 0 Å². The number of thiocarbonyl (C=S) groups is 1. The van der Waals surface area contributed by atoms with Gasteiger partial charge in [-0.15, -0.1) is 0 Å². The molecule has 2 fully saturated rings. The minimum absolute atomic E-state index is 0.0832. The van der Waals surface area contributed by atoms with Crippen molar-refractivity contribution in [1.82, 2.24) is 4.90 Å². The fourth-order valence-corrected chi connectivity index (χ4v) is 5.04. The zero-order valence-corrected chi connectivity index (χ0v) is 21.9. The van der Waals surface area contributed by atoms with Crippen molar-refractivity contribution in [2.75, 3.05) is 51.0 Å². The number of amides is 2. The fourth-order valence-electron chi connectivity index (χ4n) is 3.75. The van der Waals surface area contributed by atoms with Crippen LogP contribution >= 0.6 is 24.0 Å². The van der Waals surface area contributed by atoms with Crippen LogP contribution < -0.4 is 19.1 Å². The molecule has 4 rings (SSSR count). The molecule has 0 aliphatic carbocycles. The summed E-state index contributed by atoms with van der Waals surface area (Å²) in [4.78, 5) is 29.3. The number of hydrogen-bond acceptors (Lipinski definition) is 8. The van der Waals surface area contributed by atoms with Gasteiger partial charge in [-0.3, -0.25) is 14.5 Å². The Morgan fingerprint density at radius 1 is 1.03 bits per heavy atom. The predicted octanol–water partition coefficient (Wildman–Crippen LogP) is 4.13. The Kier molecular flexibility index (Phi) is 8.84. The van der Waals surface area contributed by atoms with E-state index in [4.69, 9.17) is 31.2 Å². The molecule has 0 bridgehead atoms. The van der Waals surface area contributed by atoms with E-state index in [-0.39, 0.29) is 18.4 Å². The van der Waals surface area contributed by atoms with E-state index in [0.717, 1.165) is 11.3 Å². The lowest BCUT2D eigenvalue weighted by Crippen LogP contribution is -2.43. The first-order chi connectivity index (χ1) is 17.5. The third kappa shape index (κ3) is 6.18. The smallest absolute Gasteiger partial charge is 0.270 e. The van der Waals surface area contributed by atoms with Crippen molar-refractivity contribution < 1.29 is 28.5 Å². The molecule has 0 unspecified atom stereocenters. The van der Waals surface area contributed by atoms with Crippen molar-refractivity contribution in [1.29, 1.82) is 0 Å². The monoisotopic (exact) mass is 528 g/mol. The van der Waals surface area contributed by atoms with Gasteiger partial charge in [0, 0.05) is 13.1 Å². The number of carbonyl (C=O) groups excluding carboxylic acids is 2. The molecule has 2 heterocycles. The largest absolute Gasteiger partial charge is 0.494 e. The first-order valence-electron chi connectivity index (χ1n) is 11.8. The summed E-state index contributed by atoms with van der Waals surface area (Å²) in [6, 6.07) is 12.6. The highest BCUT2D eigenvalue weighted by Crippen LogP contribution is 2.37. The van der Waals surface area contributed by atoms with Crippen molar-refractivity contribution in [2.24, 2.45) is 0 Å². The second-order valence-corrected chi connectivity index (χ2v) is 9.54. The van der Waals surface area contributed by atoms with E-state index in [9.17, 15) is 9.59 Å². The molecule has 0 saturated carbocycles. The highest BCUT2D eigenvalue weighted by Gasteiger charge is 2.33. The molecule has 2 aliphatic rings. The number of morpholine rings is 1. The molecule has 190 valence electrons. The molecular formula is C26H28N2O6S2. The minimum Gasteiger partial charge on any atom is -0.494 e. The van der Waals surface area contributed by atoms with Crippen molar-refractivity contribution in [2.45, 2.75) is 13.8 Å². The lowest BCUT2D eigenvalue weighted by molar-refractivity contribution is -0.137. The van der Waals surface area contributed by atoms with Crippen molar-refractivity contribution in [3.63, 3.8) is 0 Å². The summed E-state index contributed by atoms with van der Waals surface area (Å²) in [5.41, 5.74) is 1.45. The summed E-state index contributed by atoms with van der Waals surface area (Å²) < 4.78 is 22.8. The number of ether oxygens (including phenoxy) is 4. The van der Waals surface area contributed by atoms with Crippen LogP contribution in [0.1, 0.15) is 19.4 Å². The van der Waals surface area contributed by atoms with E-state index in [0.29, 0.717) is 65.9 Å². The molecule has 10 heteroatoms. The number of carbonyl (C=O) groups is 2. The van der Waals surface area contributed by atoms with Crippen molar-refractivity contribution in [3.05, 3.63) is 52.9 Å². The van der Waals surface area contributed by atoms with Crippen LogP contribution in [0, 0.1) is 0 Å². The van der Waals surface area contributed by atoms with E-state index in [1.54, 1.807) is 23.1 Å². The molecule has 2 aliphatic heterocycles. The highest BCUT2D eigenvalue weighted by molar-refractivity contribution is 8.27. The molecule has 0 aromatic heterocycles. The minimum atomic E-state index is -0.191. The van der Waals surface area contributed by atoms with Gasteiger partial charge >= 0.3 is 0 Å². The maximum absolute atomic E-state index is 13.1. The van der Waals surface area contributed by atoms with Crippen LogP contribution in [-0.4, -0.2) is 67.2 Å². The number of thioether (sulfide) groups is 1. The van der Waals surface area contributed by atoms with Crippen LogP contribution in [-0.2, 0) is 14.3 Å². The van der Waals surface area contributed by atoms with E-state index in [1.807, 2.05) is 44.2 Å². The Balaban J connectivity index is 1.47. The third-order valence-electron chi connectivity index (χ3n) is 5.48. The molecular weight excluding hydrogens is 500 g/mol. The number of benzene rings is 2. The number of hydrogen-bond donors (Lipinski definition) is 0. The molecule has 36 heavy (non-hydrogen) atoms. The number of anilines is 1. The van der Waals surface area contributed by atoms with Gasteiger partial charge in [0.05, 0.1) is 37.0 Å². The van der Waals surface area contributed by atoms with Crippen LogP contribution in [0.25, 0.3) is 6.08 Å². The molecule has 0 atom stereocenters. The van der Waals surface area contributed by atoms with Gasteiger partial charge in [-0.25, -0.2) is 0 Å². The molecule has 0 radical (unpaired) electrons. The topological polar surface area (TPSA) is 77.5 Å². The Hall–Kier alpha value is -3.08. The van der Waals surface area contributed by atoms with Crippen LogP contribution in [0.3, 0.4) is 0 Å². The van der Waals surface area contributed by atoms with Gasteiger partial charge < -0.3 is 23.8 Å². The summed E-state index contributed by atoms with van der Waals surface area (Å²) in [5.74, 6) is 1.42. The SMILES string of the molecule is CCOc1ccc(N2C(=O)/C(=C/c3ccc(OCC(=O)N4CCOCC4)c(OCC)c3)SC2=S)cc1. The van der Waals surface area contributed by atoms with Gasteiger partial charge in [0.25, 0.3) is 11.8 Å². The Labute approximate surface area is 220 Å². The standard InChI is InChI=1S/C26H28N2O6S2/c1-3-32-20-8-6-19(7-9-20)28-25(30)23(36-26(28)35)16-18-5-10-21(22(15-18)33-4-2)34-17-24(29)27-11-13-31-14-12-27/h5-10,15-16H,3-4,11-14,17H2,1-2H3/b23-16-. The average molecular weight is 529 g/mol. The molecule has 0 N–H and O–H groups in total. The van der Waals surface area contributed by atoms with E-state index >= 15 is 0 Å². The predicted molar refractivity (Wildman–Crippen MR) is 144 cm³/mol. The Morgan fingerprint density at radius 2 is 1.75 bits per heavy atom. The number of rotatable bonds is 9. The highest BCUT2D eigenvalue weighted by atomic mass is 32.2. The molecule has 2 aromatic carbocycles. The first kappa shape index (κ1) is 26.0. The molecule has 0 spiro atoms. The van der Waals surface area contributed by atoms with Crippen LogP contribution in [0.4, 0.5) is 5.69 Å². The molecule has 2 amide bonds. The molecule has 2 aromatic rings. The second kappa shape index (κ2) is 12.2. The second-order valence-electron chi connectivity index (χ2n) is 7.87. The summed E-state index contributed by atoms with van der Waals surface area (Å²) >= 11 is 6.73. The maximum Gasteiger partial charge on any atom is 0.270 e. The summed E-state index contributed by atoms with van der Waals surface area (Å²) in [6.07, 6.45) is 1.78. The summed E-state index contributed by atoms with van der Waals surface area (Å²) in [7, 11) is 0. The van der Waals surface area contributed by atoms with Gasteiger partial charge in [0.15, 0.2) is 22.4 Å². The third-order valence-corrected chi connectivity index (χ3v) is 6.78. The quantitative estimate of drug-likeness (QED) is 0.355. The van der Waals surface area contributed by atoms with Gasteiger partial charge in [-0.2, -0.15) is 0 Å². The lowest BCUT2D eigenvalue weighted by Gasteiger charge is -2.26. The summed E-state index contributed by atoms with van der Waals surface area (Å²) in [6.45, 7) is 6.91. The van der Waals surface area contributed by atoms with Gasteiger partial charge in [0.1, 0.15) is 5.75 Å². The van der Waals surface area contributed by atoms with E-state index < -0.39 is 0 Å². The van der Waals surface area contributed by atoms with E-state index in [1.165, 1.54) is 16.7 Å². The van der Waals surface area contributed by atoms with Gasteiger partial charge in [-0.05, 0) is 61.9 Å². The van der Waals surface area contributed by atoms with Crippen molar-refractivity contribution in [3.8, 4) is 17.2 Å². The fraction of sp³-hybridized carbons (Fsp3) is 0.346. The Bertz CT molecular complexity index is 1150. The van der Waals surface area contributed by atoms with Crippen LogP contribution in [0.15, 0.2) is 47.4 Å².